The first-order valence-corrected chi connectivity index (χ1v) is 14.0. The highest BCUT2D eigenvalue weighted by atomic mass is 32.2. The number of carbonyl (C=O) groups excluding carboxylic acids is 1. The summed E-state index contributed by atoms with van der Waals surface area (Å²) in [6, 6.07) is 27.6. The van der Waals surface area contributed by atoms with Gasteiger partial charge in [0, 0.05) is 13.1 Å². The highest BCUT2D eigenvalue weighted by Crippen LogP contribution is 2.27. The van der Waals surface area contributed by atoms with Crippen LogP contribution in [0.2, 0.25) is 0 Å². The minimum Gasteiger partial charge on any atom is -0.345 e. The summed E-state index contributed by atoms with van der Waals surface area (Å²) in [6.07, 6.45) is 2.68. The Morgan fingerprint density at radius 3 is 2.34 bits per heavy atom. The average molecular weight is 491 g/mol. The summed E-state index contributed by atoms with van der Waals surface area (Å²) >= 11 is 0. The predicted octanol–water partition coefficient (Wildman–Crippen LogP) is 4.88. The topological polar surface area (TPSA) is 66.5 Å². The van der Waals surface area contributed by atoms with Gasteiger partial charge in [-0.05, 0) is 54.9 Å². The van der Waals surface area contributed by atoms with Gasteiger partial charge in [0.05, 0.1) is 17.7 Å². The van der Waals surface area contributed by atoms with Crippen LogP contribution in [0.25, 0.3) is 0 Å². The van der Waals surface area contributed by atoms with Gasteiger partial charge >= 0.3 is 0 Å². The van der Waals surface area contributed by atoms with E-state index < -0.39 is 10.0 Å². The minimum absolute atomic E-state index is 0.0914. The largest absolute Gasteiger partial charge is 0.345 e. The molecule has 1 amide bonds. The lowest BCUT2D eigenvalue weighted by Crippen LogP contribution is -2.46. The fourth-order valence-corrected chi connectivity index (χ4v) is 6.38. The zero-order valence-corrected chi connectivity index (χ0v) is 21.1. The molecular weight excluding hydrogens is 456 g/mol. The molecule has 1 aliphatic rings. The second kappa shape index (κ2) is 11.6. The summed E-state index contributed by atoms with van der Waals surface area (Å²) in [5.41, 5.74) is 4.30. The summed E-state index contributed by atoms with van der Waals surface area (Å²) in [6.45, 7) is 2.77. The molecule has 1 aliphatic heterocycles. The molecular formula is C29H34N2O3S. The fraction of sp³-hybridized carbons (Fsp3) is 0.345. The number of rotatable bonds is 9. The summed E-state index contributed by atoms with van der Waals surface area (Å²) < 4.78 is 27.6. The molecule has 184 valence electrons. The van der Waals surface area contributed by atoms with Crippen molar-refractivity contribution in [2.45, 2.75) is 38.6 Å². The molecule has 0 aliphatic carbocycles. The number of nitrogens with one attached hydrogen (secondary N) is 1. The number of hydrogen-bond acceptors (Lipinski definition) is 3. The number of carbonyl (C=O) groups is 1. The second-order valence-electron chi connectivity index (χ2n) is 9.31. The van der Waals surface area contributed by atoms with Crippen molar-refractivity contribution in [3.8, 4) is 0 Å². The lowest BCUT2D eigenvalue weighted by atomic mass is 9.93. The molecule has 35 heavy (non-hydrogen) atoms. The van der Waals surface area contributed by atoms with Gasteiger partial charge in [0.15, 0.2) is 0 Å². The molecule has 1 saturated heterocycles. The molecule has 1 N–H and O–H groups in total. The van der Waals surface area contributed by atoms with Crippen molar-refractivity contribution >= 4 is 15.9 Å². The van der Waals surface area contributed by atoms with Gasteiger partial charge in [0.1, 0.15) is 0 Å². The van der Waals surface area contributed by atoms with E-state index >= 15 is 0 Å². The Kier molecular flexibility index (Phi) is 8.37. The van der Waals surface area contributed by atoms with E-state index in [1.54, 1.807) is 0 Å². The predicted molar refractivity (Wildman–Crippen MR) is 140 cm³/mol. The Bertz CT molecular complexity index is 1210. The van der Waals surface area contributed by atoms with Crippen molar-refractivity contribution in [3.05, 3.63) is 107 Å². The van der Waals surface area contributed by atoms with E-state index in [9.17, 15) is 13.2 Å². The van der Waals surface area contributed by atoms with Crippen LogP contribution in [0.5, 0.6) is 0 Å². The van der Waals surface area contributed by atoms with Crippen molar-refractivity contribution in [2.75, 3.05) is 18.8 Å². The van der Waals surface area contributed by atoms with Crippen LogP contribution in [0.3, 0.4) is 0 Å². The number of piperidine rings is 1. The van der Waals surface area contributed by atoms with Crippen molar-refractivity contribution < 1.29 is 13.2 Å². The maximum absolute atomic E-state index is 13.4. The average Bonchev–Trinajstić information content (AvgIpc) is 2.89. The van der Waals surface area contributed by atoms with Gasteiger partial charge < -0.3 is 5.32 Å². The van der Waals surface area contributed by atoms with Crippen LogP contribution < -0.4 is 5.32 Å². The van der Waals surface area contributed by atoms with Crippen LogP contribution in [0.1, 0.15) is 47.6 Å². The third-order valence-electron chi connectivity index (χ3n) is 6.78. The van der Waals surface area contributed by atoms with Crippen LogP contribution in [-0.4, -0.2) is 37.5 Å². The number of aryl methyl sites for hydroxylation is 2. The van der Waals surface area contributed by atoms with Crippen LogP contribution in [-0.2, 0) is 21.2 Å². The zero-order valence-electron chi connectivity index (χ0n) is 20.3. The van der Waals surface area contributed by atoms with Gasteiger partial charge in [-0.1, -0.05) is 84.9 Å². The molecule has 4 rings (SSSR count). The van der Waals surface area contributed by atoms with Gasteiger partial charge in [-0.2, -0.15) is 0 Å². The van der Waals surface area contributed by atoms with Gasteiger partial charge in [0.2, 0.25) is 15.9 Å². The molecule has 0 saturated carbocycles. The van der Waals surface area contributed by atoms with E-state index in [1.165, 1.54) is 4.31 Å². The van der Waals surface area contributed by atoms with E-state index in [2.05, 4.69) is 5.32 Å². The summed E-state index contributed by atoms with van der Waals surface area (Å²) in [5.74, 6) is -0.347. The fourth-order valence-electron chi connectivity index (χ4n) is 4.80. The standard InChI is InChI=1S/C29H34N2O3S/c1-23-12-8-9-19-27(23)28(25-16-6-3-7-17-25)30-29(32)26-18-10-20-31(22-26)35(33,34)21-11-15-24-13-4-2-5-14-24/h2-9,12-14,16-17,19,26,28H,10-11,15,18,20-22H2,1H3,(H,30,32)/t26-,28-/m1/s1. The maximum Gasteiger partial charge on any atom is 0.225 e. The normalized spacial score (nSPS) is 17.6. The lowest BCUT2D eigenvalue weighted by molar-refractivity contribution is -0.126. The Morgan fingerprint density at radius 2 is 1.63 bits per heavy atom. The van der Waals surface area contributed by atoms with E-state index in [0.29, 0.717) is 25.8 Å². The van der Waals surface area contributed by atoms with Gasteiger partial charge in [-0.3, -0.25) is 4.79 Å². The summed E-state index contributed by atoms with van der Waals surface area (Å²) in [5, 5.41) is 3.24. The van der Waals surface area contributed by atoms with Crippen LogP contribution in [0.15, 0.2) is 84.9 Å². The maximum atomic E-state index is 13.4. The molecule has 3 aromatic rings. The minimum atomic E-state index is -3.41. The van der Waals surface area contributed by atoms with Crippen molar-refractivity contribution in [2.24, 2.45) is 5.92 Å². The van der Waals surface area contributed by atoms with Crippen molar-refractivity contribution in [1.29, 1.82) is 0 Å². The van der Waals surface area contributed by atoms with Gasteiger partial charge in [-0.25, -0.2) is 12.7 Å². The van der Waals surface area contributed by atoms with E-state index in [1.807, 2.05) is 91.9 Å². The monoisotopic (exact) mass is 490 g/mol. The molecule has 1 heterocycles. The Balaban J connectivity index is 1.42. The molecule has 0 bridgehead atoms. The highest BCUT2D eigenvalue weighted by molar-refractivity contribution is 7.89. The summed E-state index contributed by atoms with van der Waals surface area (Å²) in [4.78, 5) is 13.4. The Hall–Kier alpha value is -2.96. The first-order chi connectivity index (χ1) is 16.9. The molecule has 0 spiro atoms. The molecule has 5 nitrogen and oxygen atoms in total. The van der Waals surface area contributed by atoms with Crippen LogP contribution in [0.4, 0.5) is 0 Å². The molecule has 1 fully saturated rings. The lowest BCUT2D eigenvalue weighted by Gasteiger charge is -2.32. The third-order valence-corrected chi connectivity index (χ3v) is 8.70. The molecule has 0 aromatic heterocycles. The number of benzene rings is 3. The van der Waals surface area contributed by atoms with Gasteiger partial charge in [-0.15, -0.1) is 0 Å². The number of sulfonamides is 1. The number of nitrogens with zero attached hydrogens (tertiary/aromatic N) is 1. The second-order valence-corrected chi connectivity index (χ2v) is 11.4. The van der Waals surface area contributed by atoms with Crippen LogP contribution >= 0.6 is 0 Å². The Morgan fingerprint density at radius 1 is 0.971 bits per heavy atom. The van der Waals surface area contributed by atoms with E-state index in [0.717, 1.165) is 28.7 Å². The van der Waals surface area contributed by atoms with Crippen molar-refractivity contribution in [1.82, 2.24) is 9.62 Å². The third kappa shape index (κ3) is 6.59. The molecule has 3 aromatic carbocycles. The first kappa shape index (κ1) is 25.1. The zero-order chi connectivity index (χ0) is 24.7. The number of amides is 1. The van der Waals surface area contributed by atoms with Crippen molar-refractivity contribution in [3.63, 3.8) is 0 Å². The molecule has 2 atom stereocenters. The quantitative estimate of drug-likeness (QED) is 0.465. The van der Waals surface area contributed by atoms with Gasteiger partial charge in [0.25, 0.3) is 0 Å². The highest BCUT2D eigenvalue weighted by Gasteiger charge is 2.33. The molecule has 6 heteroatoms. The first-order valence-electron chi connectivity index (χ1n) is 12.4. The SMILES string of the molecule is Cc1ccccc1[C@H](NC(=O)[C@@H]1CCCN(S(=O)(=O)CCCc2ccccc2)C1)c1ccccc1. The smallest absolute Gasteiger partial charge is 0.225 e. The van der Waals surface area contributed by atoms with E-state index in [-0.39, 0.29) is 30.2 Å². The molecule has 0 radical (unpaired) electrons. The molecule has 0 unspecified atom stereocenters. The van der Waals surface area contributed by atoms with E-state index in [4.69, 9.17) is 0 Å². The number of hydrogen-bond donors (Lipinski definition) is 1. The Labute approximate surface area is 209 Å². The van der Waals surface area contributed by atoms with Crippen LogP contribution in [0, 0.1) is 12.8 Å². The summed E-state index contributed by atoms with van der Waals surface area (Å²) in [7, 11) is -3.41.